The lowest BCUT2D eigenvalue weighted by Gasteiger charge is -2.21. The van der Waals surface area contributed by atoms with E-state index in [1.165, 1.54) is 25.7 Å². The molecule has 2 aliphatic rings. The van der Waals surface area contributed by atoms with Crippen molar-refractivity contribution in [2.75, 3.05) is 0 Å². The van der Waals surface area contributed by atoms with Gasteiger partial charge in [-0.3, -0.25) is 4.79 Å². The molecule has 0 aromatic heterocycles. The van der Waals surface area contributed by atoms with E-state index < -0.39 is 0 Å². The number of rotatable bonds is 1. The topological polar surface area (TPSA) is 29.1 Å². The lowest BCUT2D eigenvalue weighted by atomic mass is 9.95. The van der Waals surface area contributed by atoms with Crippen LogP contribution in [0.5, 0.6) is 0 Å². The number of nitrogens with one attached hydrogen (secondary N) is 1. The Morgan fingerprint density at radius 1 is 1.36 bits per heavy atom. The Kier molecular flexibility index (Phi) is 1.63. The van der Waals surface area contributed by atoms with Gasteiger partial charge in [-0.25, -0.2) is 0 Å². The smallest absolute Gasteiger partial charge is 0.217 e. The van der Waals surface area contributed by atoms with Gasteiger partial charge in [0.15, 0.2) is 0 Å². The van der Waals surface area contributed by atoms with Crippen LogP contribution in [0.3, 0.4) is 0 Å². The van der Waals surface area contributed by atoms with E-state index in [-0.39, 0.29) is 5.91 Å². The first kappa shape index (κ1) is 7.14. The Morgan fingerprint density at radius 3 is 2.64 bits per heavy atom. The molecular weight excluding hydrogens is 138 g/mol. The highest BCUT2D eigenvalue weighted by Crippen LogP contribution is 2.44. The molecule has 0 aliphatic heterocycles. The van der Waals surface area contributed by atoms with Crippen LogP contribution in [0, 0.1) is 11.8 Å². The zero-order valence-electron chi connectivity index (χ0n) is 6.97. The Labute approximate surface area is 67.4 Å². The van der Waals surface area contributed by atoms with Gasteiger partial charge in [-0.1, -0.05) is 6.42 Å². The molecule has 0 aromatic rings. The van der Waals surface area contributed by atoms with Crippen molar-refractivity contribution in [3.8, 4) is 0 Å². The maximum atomic E-state index is 10.8. The number of amides is 1. The predicted molar refractivity (Wildman–Crippen MR) is 43.1 cm³/mol. The molecule has 0 heterocycles. The summed E-state index contributed by atoms with van der Waals surface area (Å²) in [6, 6.07) is 0.520. The molecule has 2 saturated carbocycles. The third kappa shape index (κ3) is 1.26. The van der Waals surface area contributed by atoms with Crippen molar-refractivity contribution in [1.29, 1.82) is 0 Å². The molecule has 0 saturated heterocycles. The highest BCUT2D eigenvalue weighted by Gasteiger charge is 2.39. The molecule has 2 aliphatic carbocycles. The van der Waals surface area contributed by atoms with E-state index in [4.69, 9.17) is 0 Å². The van der Waals surface area contributed by atoms with Crippen LogP contribution in [-0.2, 0) is 4.79 Å². The molecule has 2 heteroatoms. The Bertz CT molecular complexity index is 178. The third-order valence-electron chi connectivity index (χ3n) is 3.13. The highest BCUT2D eigenvalue weighted by atomic mass is 16.1. The Balaban J connectivity index is 1.92. The maximum Gasteiger partial charge on any atom is 0.217 e. The maximum absolute atomic E-state index is 10.8. The van der Waals surface area contributed by atoms with E-state index in [0.29, 0.717) is 6.04 Å². The average Bonchev–Trinajstić information content (AvgIpc) is 2.45. The standard InChI is InChI=1S/C9H15NO/c1-6(11)10-9-5-7-2-3-8(9)4-7/h7-9H,2-5H2,1H3,(H,10,11)/t7-,8+,9+/m1/s1. The van der Waals surface area contributed by atoms with Crippen LogP contribution in [0.2, 0.25) is 0 Å². The minimum atomic E-state index is 0.141. The summed E-state index contributed by atoms with van der Waals surface area (Å²) in [7, 11) is 0. The Morgan fingerprint density at radius 2 is 2.18 bits per heavy atom. The van der Waals surface area contributed by atoms with Gasteiger partial charge in [0.1, 0.15) is 0 Å². The molecule has 2 nitrogen and oxygen atoms in total. The minimum absolute atomic E-state index is 0.141. The fraction of sp³-hybridized carbons (Fsp3) is 0.889. The van der Waals surface area contributed by atoms with Gasteiger partial charge in [-0.15, -0.1) is 0 Å². The van der Waals surface area contributed by atoms with Crippen molar-refractivity contribution in [2.45, 2.75) is 38.6 Å². The summed E-state index contributed by atoms with van der Waals surface area (Å²) in [5.41, 5.74) is 0. The molecular formula is C9H15NO. The van der Waals surface area contributed by atoms with Crippen molar-refractivity contribution in [1.82, 2.24) is 5.32 Å². The summed E-state index contributed by atoms with van der Waals surface area (Å²) in [5.74, 6) is 1.88. The van der Waals surface area contributed by atoms with E-state index >= 15 is 0 Å². The lowest BCUT2D eigenvalue weighted by molar-refractivity contribution is -0.120. The molecule has 3 atom stereocenters. The summed E-state index contributed by atoms with van der Waals surface area (Å²) in [6.07, 6.45) is 5.35. The summed E-state index contributed by atoms with van der Waals surface area (Å²) in [5, 5.41) is 3.03. The van der Waals surface area contributed by atoms with Crippen molar-refractivity contribution in [3.63, 3.8) is 0 Å². The summed E-state index contributed by atoms with van der Waals surface area (Å²) in [4.78, 5) is 10.8. The number of hydrogen-bond donors (Lipinski definition) is 1. The van der Waals surface area contributed by atoms with E-state index in [0.717, 1.165) is 11.8 Å². The zero-order valence-corrected chi connectivity index (χ0v) is 6.97. The second kappa shape index (κ2) is 2.50. The monoisotopic (exact) mass is 153 g/mol. The van der Waals surface area contributed by atoms with Crippen molar-refractivity contribution >= 4 is 5.91 Å². The summed E-state index contributed by atoms with van der Waals surface area (Å²) < 4.78 is 0. The molecule has 2 fully saturated rings. The van der Waals surface area contributed by atoms with Crippen molar-refractivity contribution in [3.05, 3.63) is 0 Å². The Hall–Kier alpha value is -0.530. The van der Waals surface area contributed by atoms with Crippen LogP contribution in [0.1, 0.15) is 32.6 Å². The molecule has 0 unspecified atom stereocenters. The van der Waals surface area contributed by atoms with Gasteiger partial charge in [-0.05, 0) is 31.1 Å². The average molecular weight is 153 g/mol. The first-order chi connectivity index (χ1) is 5.25. The molecule has 0 spiro atoms. The first-order valence-electron chi connectivity index (χ1n) is 4.53. The number of carbonyl (C=O) groups is 1. The van der Waals surface area contributed by atoms with Gasteiger partial charge in [0.2, 0.25) is 5.91 Å². The minimum Gasteiger partial charge on any atom is -0.353 e. The van der Waals surface area contributed by atoms with Crippen LogP contribution in [0.4, 0.5) is 0 Å². The molecule has 1 N–H and O–H groups in total. The third-order valence-corrected chi connectivity index (χ3v) is 3.13. The normalized spacial score (nSPS) is 41.0. The first-order valence-corrected chi connectivity index (χ1v) is 4.53. The van der Waals surface area contributed by atoms with Crippen LogP contribution >= 0.6 is 0 Å². The molecule has 0 aromatic carbocycles. The van der Waals surface area contributed by atoms with E-state index in [9.17, 15) is 4.79 Å². The second-order valence-electron chi connectivity index (χ2n) is 3.98. The fourth-order valence-corrected chi connectivity index (χ4v) is 2.68. The van der Waals surface area contributed by atoms with Gasteiger partial charge in [0.25, 0.3) is 0 Å². The van der Waals surface area contributed by atoms with Gasteiger partial charge < -0.3 is 5.32 Å². The molecule has 1 amide bonds. The number of fused-ring (bicyclic) bond motifs is 2. The van der Waals surface area contributed by atoms with Crippen LogP contribution in [0.25, 0.3) is 0 Å². The largest absolute Gasteiger partial charge is 0.353 e. The quantitative estimate of drug-likeness (QED) is 0.604. The summed E-state index contributed by atoms with van der Waals surface area (Å²) in [6.45, 7) is 1.62. The van der Waals surface area contributed by atoms with E-state index in [1.54, 1.807) is 6.92 Å². The second-order valence-corrected chi connectivity index (χ2v) is 3.98. The molecule has 62 valence electrons. The molecule has 2 rings (SSSR count). The molecule has 11 heavy (non-hydrogen) atoms. The molecule has 2 bridgehead atoms. The number of carbonyl (C=O) groups excluding carboxylic acids is 1. The van der Waals surface area contributed by atoms with Gasteiger partial charge >= 0.3 is 0 Å². The van der Waals surface area contributed by atoms with Crippen LogP contribution < -0.4 is 5.32 Å². The van der Waals surface area contributed by atoms with Crippen molar-refractivity contribution < 1.29 is 4.79 Å². The summed E-state index contributed by atoms with van der Waals surface area (Å²) >= 11 is 0. The zero-order chi connectivity index (χ0) is 7.84. The highest BCUT2D eigenvalue weighted by molar-refractivity contribution is 5.73. The lowest BCUT2D eigenvalue weighted by Crippen LogP contribution is -2.36. The fourth-order valence-electron chi connectivity index (χ4n) is 2.68. The van der Waals surface area contributed by atoms with E-state index in [2.05, 4.69) is 5.32 Å². The van der Waals surface area contributed by atoms with Gasteiger partial charge in [0.05, 0.1) is 0 Å². The van der Waals surface area contributed by atoms with Gasteiger partial charge in [-0.2, -0.15) is 0 Å². The predicted octanol–water partition coefficient (Wildman–Crippen LogP) is 1.31. The van der Waals surface area contributed by atoms with Crippen molar-refractivity contribution in [2.24, 2.45) is 11.8 Å². The SMILES string of the molecule is CC(=O)N[C@H]1C[C@@H]2CC[C@H]1C2. The van der Waals surface area contributed by atoms with Crippen LogP contribution in [0.15, 0.2) is 0 Å². The van der Waals surface area contributed by atoms with Crippen LogP contribution in [-0.4, -0.2) is 11.9 Å². The van der Waals surface area contributed by atoms with E-state index in [1.807, 2.05) is 0 Å². The molecule has 0 radical (unpaired) electrons. The number of hydrogen-bond acceptors (Lipinski definition) is 1. The van der Waals surface area contributed by atoms with Gasteiger partial charge in [0, 0.05) is 13.0 Å².